The van der Waals surface area contributed by atoms with Gasteiger partial charge in [0.1, 0.15) is 23.3 Å². The van der Waals surface area contributed by atoms with Crippen LogP contribution in [0.15, 0.2) is 40.8 Å². The second-order valence-corrected chi connectivity index (χ2v) is 7.94. The van der Waals surface area contributed by atoms with Gasteiger partial charge in [-0.3, -0.25) is 9.59 Å². The van der Waals surface area contributed by atoms with Gasteiger partial charge in [0, 0.05) is 44.4 Å². The molecule has 0 radical (unpaired) electrons. The third-order valence-corrected chi connectivity index (χ3v) is 5.88. The maximum Gasteiger partial charge on any atom is 0.256 e. The Morgan fingerprint density at radius 2 is 1.78 bits per heavy atom. The van der Waals surface area contributed by atoms with Crippen molar-refractivity contribution in [3.63, 3.8) is 0 Å². The van der Waals surface area contributed by atoms with Crippen LogP contribution in [0, 0.1) is 11.6 Å². The van der Waals surface area contributed by atoms with Crippen molar-refractivity contribution >= 4 is 22.9 Å². The predicted molar refractivity (Wildman–Crippen MR) is 111 cm³/mol. The van der Waals surface area contributed by atoms with Gasteiger partial charge in [0.15, 0.2) is 5.58 Å². The van der Waals surface area contributed by atoms with E-state index in [2.05, 4.69) is 4.98 Å². The van der Waals surface area contributed by atoms with Gasteiger partial charge in [-0.1, -0.05) is 0 Å². The van der Waals surface area contributed by atoms with Crippen LogP contribution >= 0.6 is 0 Å². The third kappa shape index (κ3) is 3.84. The molecular weight excluding hydrogens is 420 g/mol. The predicted octanol–water partition coefficient (Wildman–Crippen LogP) is 3.24. The van der Waals surface area contributed by atoms with Gasteiger partial charge in [-0.25, -0.2) is 13.8 Å². The number of oxazole rings is 1. The van der Waals surface area contributed by atoms with E-state index >= 15 is 0 Å². The minimum atomic E-state index is -0.696. The van der Waals surface area contributed by atoms with Crippen LogP contribution in [0.1, 0.15) is 23.2 Å². The quantitative estimate of drug-likeness (QED) is 0.624. The van der Waals surface area contributed by atoms with Gasteiger partial charge in [0.2, 0.25) is 5.89 Å². The van der Waals surface area contributed by atoms with Gasteiger partial charge in [0.25, 0.3) is 11.8 Å². The number of carbonyl (C=O) groups is 2. The molecule has 0 aliphatic carbocycles. The lowest BCUT2D eigenvalue weighted by atomic mass is 10.1. The topological polar surface area (TPSA) is 75.9 Å². The van der Waals surface area contributed by atoms with E-state index in [0.29, 0.717) is 43.9 Å². The first-order valence-electron chi connectivity index (χ1n) is 10.6. The second kappa shape index (κ2) is 8.31. The molecule has 2 fully saturated rings. The van der Waals surface area contributed by atoms with Crippen LogP contribution < -0.4 is 0 Å². The lowest BCUT2D eigenvalue weighted by Gasteiger charge is -2.35. The monoisotopic (exact) mass is 441 g/mol. The average Bonchev–Trinajstić information content (AvgIpc) is 3.48. The van der Waals surface area contributed by atoms with Crippen LogP contribution in [0.2, 0.25) is 0 Å². The number of halogens is 2. The Morgan fingerprint density at radius 3 is 2.50 bits per heavy atom. The van der Waals surface area contributed by atoms with Gasteiger partial charge in [-0.2, -0.15) is 0 Å². The Morgan fingerprint density at radius 1 is 1.00 bits per heavy atom. The number of hydrogen-bond acceptors (Lipinski definition) is 5. The molecule has 1 atom stereocenters. The maximum atomic E-state index is 14.8. The summed E-state index contributed by atoms with van der Waals surface area (Å²) in [5.41, 5.74) is 1.01. The summed E-state index contributed by atoms with van der Waals surface area (Å²) in [4.78, 5) is 32.8. The number of carbonyl (C=O) groups excluding carboxylic acids is 2. The van der Waals surface area contributed by atoms with E-state index in [4.69, 9.17) is 9.15 Å². The number of rotatable bonds is 3. The Hall–Kier alpha value is -3.33. The summed E-state index contributed by atoms with van der Waals surface area (Å²) in [6.07, 6.45) is 1.22. The standard InChI is InChI=1S/C23H21F2N3O4/c24-15-4-6-18-20(13-15)32-21(26-18)14-3-5-16(17(25)12-14)22(29)27-7-9-28(10-8-27)23(30)19-2-1-11-31-19/h3-6,12-13,19H,1-2,7-11H2/t19-/m1/s1. The Labute approximate surface area is 182 Å². The molecule has 2 amide bonds. The number of hydrogen-bond donors (Lipinski definition) is 0. The molecule has 0 saturated carbocycles. The van der Waals surface area contributed by atoms with Gasteiger partial charge in [-0.05, 0) is 43.2 Å². The molecule has 7 nitrogen and oxygen atoms in total. The van der Waals surface area contributed by atoms with Gasteiger partial charge in [-0.15, -0.1) is 0 Å². The summed E-state index contributed by atoms with van der Waals surface area (Å²) >= 11 is 0. The number of fused-ring (bicyclic) bond motifs is 1. The minimum absolute atomic E-state index is 0.0386. The first-order valence-corrected chi connectivity index (χ1v) is 10.6. The van der Waals surface area contributed by atoms with Crippen LogP contribution in [0.3, 0.4) is 0 Å². The van der Waals surface area contributed by atoms with Gasteiger partial charge in [0.05, 0.1) is 5.56 Å². The highest BCUT2D eigenvalue weighted by Crippen LogP contribution is 2.27. The minimum Gasteiger partial charge on any atom is -0.436 e. The van der Waals surface area contributed by atoms with Crippen LogP contribution in [-0.4, -0.2) is 65.5 Å². The van der Waals surface area contributed by atoms with Crippen molar-refractivity contribution in [1.82, 2.24) is 14.8 Å². The van der Waals surface area contributed by atoms with Crippen LogP contribution in [-0.2, 0) is 9.53 Å². The van der Waals surface area contributed by atoms with Crippen LogP contribution in [0.5, 0.6) is 0 Å². The normalized spacial score (nSPS) is 19.0. The van der Waals surface area contributed by atoms with Crippen molar-refractivity contribution in [2.75, 3.05) is 32.8 Å². The first kappa shape index (κ1) is 20.6. The second-order valence-electron chi connectivity index (χ2n) is 7.94. The molecule has 1 aromatic heterocycles. The molecule has 0 bridgehead atoms. The highest BCUT2D eigenvalue weighted by molar-refractivity contribution is 5.95. The zero-order valence-electron chi connectivity index (χ0n) is 17.2. The van der Waals surface area contributed by atoms with E-state index < -0.39 is 17.5 Å². The molecule has 166 valence electrons. The largest absolute Gasteiger partial charge is 0.436 e. The maximum absolute atomic E-state index is 14.8. The van der Waals surface area contributed by atoms with E-state index in [1.807, 2.05) is 0 Å². The molecule has 0 unspecified atom stereocenters. The molecule has 5 rings (SSSR count). The van der Waals surface area contributed by atoms with E-state index in [0.717, 1.165) is 12.8 Å². The van der Waals surface area contributed by atoms with Crippen molar-refractivity contribution in [2.24, 2.45) is 0 Å². The van der Waals surface area contributed by atoms with E-state index in [1.54, 1.807) is 15.9 Å². The number of benzene rings is 2. The summed E-state index contributed by atoms with van der Waals surface area (Å²) in [6, 6.07) is 8.09. The van der Waals surface area contributed by atoms with Crippen LogP contribution in [0.4, 0.5) is 8.78 Å². The van der Waals surface area contributed by atoms with E-state index in [9.17, 15) is 18.4 Å². The summed E-state index contributed by atoms with van der Waals surface area (Å²) < 4.78 is 39.1. The summed E-state index contributed by atoms with van der Waals surface area (Å²) in [5.74, 6) is -1.48. The molecule has 0 spiro atoms. The highest BCUT2D eigenvalue weighted by atomic mass is 19.1. The van der Waals surface area contributed by atoms with Gasteiger partial charge < -0.3 is 19.0 Å². The molecule has 32 heavy (non-hydrogen) atoms. The zero-order valence-corrected chi connectivity index (χ0v) is 17.2. The molecular formula is C23H21F2N3O4. The third-order valence-electron chi connectivity index (χ3n) is 5.88. The molecule has 2 aliphatic rings. The van der Waals surface area contributed by atoms with Crippen molar-refractivity contribution in [1.29, 1.82) is 0 Å². The van der Waals surface area contributed by atoms with Crippen molar-refractivity contribution in [3.05, 3.63) is 53.6 Å². The smallest absolute Gasteiger partial charge is 0.256 e. The van der Waals surface area contributed by atoms with E-state index in [-0.39, 0.29) is 29.0 Å². The number of ether oxygens (including phenoxy) is 1. The van der Waals surface area contributed by atoms with Gasteiger partial charge >= 0.3 is 0 Å². The summed E-state index contributed by atoms with van der Waals surface area (Å²) in [5, 5.41) is 0. The molecule has 2 aliphatic heterocycles. The number of aromatic nitrogens is 1. The fourth-order valence-corrected chi connectivity index (χ4v) is 4.12. The molecule has 0 N–H and O–H groups in total. The fraction of sp³-hybridized carbons (Fsp3) is 0.348. The number of amides is 2. The van der Waals surface area contributed by atoms with E-state index in [1.165, 1.54) is 30.3 Å². The summed E-state index contributed by atoms with van der Waals surface area (Å²) in [7, 11) is 0. The van der Waals surface area contributed by atoms with Crippen LogP contribution in [0.25, 0.3) is 22.6 Å². The van der Waals surface area contributed by atoms with Crippen molar-refractivity contribution < 1.29 is 27.5 Å². The zero-order chi connectivity index (χ0) is 22.2. The highest BCUT2D eigenvalue weighted by Gasteiger charge is 2.32. The Bertz CT molecular complexity index is 1180. The lowest BCUT2D eigenvalue weighted by Crippen LogP contribution is -2.52. The fourth-order valence-electron chi connectivity index (χ4n) is 4.12. The molecule has 3 heterocycles. The molecule has 9 heteroatoms. The summed E-state index contributed by atoms with van der Waals surface area (Å²) in [6.45, 7) is 2.04. The SMILES string of the molecule is O=C(c1ccc(-c2nc3ccc(F)cc3o2)cc1F)N1CCN(C(=O)[C@H]2CCCO2)CC1. The van der Waals surface area contributed by atoms with Crippen molar-refractivity contribution in [3.8, 4) is 11.5 Å². The molecule has 3 aromatic rings. The molecule has 2 saturated heterocycles. The number of piperazine rings is 1. The average molecular weight is 441 g/mol. The van der Waals surface area contributed by atoms with Crippen molar-refractivity contribution in [2.45, 2.75) is 18.9 Å². The Balaban J connectivity index is 1.27. The molecule has 2 aromatic carbocycles. The Kier molecular flexibility index (Phi) is 5.34. The number of nitrogens with zero attached hydrogens (tertiary/aromatic N) is 3. The lowest BCUT2D eigenvalue weighted by molar-refractivity contribution is -0.142. The first-order chi connectivity index (χ1) is 15.5.